The summed E-state index contributed by atoms with van der Waals surface area (Å²) in [5.74, 6) is 1.58. The van der Waals surface area contributed by atoms with Gasteiger partial charge < -0.3 is 15.4 Å². The van der Waals surface area contributed by atoms with Gasteiger partial charge in [0.15, 0.2) is 0 Å². The Morgan fingerprint density at radius 1 is 1.28 bits per heavy atom. The summed E-state index contributed by atoms with van der Waals surface area (Å²) in [7, 11) is 1.68. The summed E-state index contributed by atoms with van der Waals surface area (Å²) in [5.41, 5.74) is 8.24. The molecule has 0 bridgehead atoms. The van der Waals surface area contributed by atoms with E-state index in [1.807, 2.05) is 12.1 Å². The first-order valence-corrected chi connectivity index (χ1v) is 6.59. The van der Waals surface area contributed by atoms with E-state index in [9.17, 15) is 0 Å². The van der Waals surface area contributed by atoms with E-state index in [1.54, 1.807) is 7.11 Å². The van der Waals surface area contributed by atoms with E-state index in [0.717, 1.165) is 30.4 Å². The van der Waals surface area contributed by atoms with E-state index in [2.05, 4.69) is 31.7 Å². The monoisotopic (exact) mass is 248 g/mol. The molecule has 18 heavy (non-hydrogen) atoms. The fraction of sp³-hybridized carbons (Fsp3) is 0.600. The molecular weight excluding hydrogens is 224 g/mol. The van der Waals surface area contributed by atoms with Crippen molar-refractivity contribution in [3.05, 3.63) is 18.2 Å². The quantitative estimate of drug-likeness (QED) is 0.817. The van der Waals surface area contributed by atoms with Gasteiger partial charge in [-0.15, -0.1) is 0 Å². The molecule has 0 radical (unpaired) electrons. The van der Waals surface area contributed by atoms with E-state index >= 15 is 0 Å². The van der Waals surface area contributed by atoms with Crippen molar-refractivity contribution in [2.75, 3.05) is 30.8 Å². The van der Waals surface area contributed by atoms with Crippen LogP contribution in [0.4, 0.5) is 11.4 Å². The number of nitrogens with two attached hydrogens (primary N) is 1. The average molecular weight is 248 g/mol. The van der Waals surface area contributed by atoms with Crippen LogP contribution in [0.1, 0.15) is 27.2 Å². The van der Waals surface area contributed by atoms with Crippen molar-refractivity contribution in [1.29, 1.82) is 0 Å². The first kappa shape index (κ1) is 13.1. The molecule has 0 aliphatic carbocycles. The van der Waals surface area contributed by atoms with Crippen molar-refractivity contribution >= 4 is 11.4 Å². The second kappa shape index (κ2) is 4.71. The van der Waals surface area contributed by atoms with Crippen LogP contribution >= 0.6 is 0 Å². The highest BCUT2D eigenvalue weighted by molar-refractivity contribution is 5.61. The molecule has 0 spiro atoms. The molecular formula is C15H24N2O. The lowest BCUT2D eigenvalue weighted by molar-refractivity contribution is 0.263. The molecule has 1 aromatic carbocycles. The maximum Gasteiger partial charge on any atom is 0.122 e. The lowest BCUT2D eigenvalue weighted by Gasteiger charge is -2.27. The van der Waals surface area contributed by atoms with E-state index < -0.39 is 0 Å². The molecule has 1 fully saturated rings. The second-order valence-corrected chi connectivity index (χ2v) is 6.26. The number of nitrogen functional groups attached to an aromatic ring is 1. The van der Waals surface area contributed by atoms with Crippen LogP contribution in [0.15, 0.2) is 18.2 Å². The van der Waals surface area contributed by atoms with E-state index in [-0.39, 0.29) is 0 Å². The van der Waals surface area contributed by atoms with E-state index in [1.165, 1.54) is 12.1 Å². The summed E-state index contributed by atoms with van der Waals surface area (Å²) in [6.07, 6.45) is 1.25. The molecule has 2 N–H and O–H groups in total. The zero-order valence-electron chi connectivity index (χ0n) is 11.9. The van der Waals surface area contributed by atoms with Crippen molar-refractivity contribution in [2.45, 2.75) is 27.2 Å². The largest absolute Gasteiger partial charge is 0.497 e. The zero-order valence-corrected chi connectivity index (χ0v) is 11.9. The fourth-order valence-electron chi connectivity index (χ4n) is 2.61. The molecule has 1 unspecified atom stereocenters. The zero-order chi connectivity index (χ0) is 13.3. The SMILES string of the molecule is COc1cc(N)cc(N2CCC(C(C)(C)C)C2)c1. The first-order valence-electron chi connectivity index (χ1n) is 6.59. The molecule has 0 amide bonds. The van der Waals surface area contributed by atoms with Gasteiger partial charge in [0.25, 0.3) is 0 Å². The van der Waals surface area contributed by atoms with Crippen LogP contribution in [0.3, 0.4) is 0 Å². The topological polar surface area (TPSA) is 38.5 Å². The smallest absolute Gasteiger partial charge is 0.122 e. The minimum absolute atomic E-state index is 0.374. The van der Waals surface area contributed by atoms with Crippen molar-refractivity contribution in [2.24, 2.45) is 11.3 Å². The number of hydrogen-bond donors (Lipinski definition) is 1. The number of ether oxygens (including phenoxy) is 1. The molecule has 1 aliphatic rings. The predicted octanol–water partition coefficient (Wildman–Crippen LogP) is 3.15. The van der Waals surface area contributed by atoms with Crippen LogP contribution in [0.2, 0.25) is 0 Å². The Hall–Kier alpha value is -1.38. The normalized spacial score (nSPS) is 20.2. The van der Waals surface area contributed by atoms with Crippen molar-refractivity contribution in [3.63, 3.8) is 0 Å². The van der Waals surface area contributed by atoms with Crippen LogP contribution < -0.4 is 15.4 Å². The standard InChI is InChI=1S/C15H24N2O/c1-15(2,3)11-5-6-17(10-11)13-7-12(16)8-14(9-13)18-4/h7-9,11H,5-6,10,16H2,1-4H3. The third-order valence-electron chi connectivity index (χ3n) is 3.93. The molecule has 0 aromatic heterocycles. The Morgan fingerprint density at radius 3 is 2.56 bits per heavy atom. The van der Waals surface area contributed by atoms with Crippen LogP contribution in [0.25, 0.3) is 0 Å². The Balaban J connectivity index is 2.16. The lowest BCUT2D eigenvalue weighted by atomic mass is 9.80. The molecule has 1 atom stereocenters. The molecule has 3 heteroatoms. The molecule has 1 saturated heterocycles. The third-order valence-corrected chi connectivity index (χ3v) is 3.93. The van der Waals surface area contributed by atoms with Crippen LogP contribution in [0.5, 0.6) is 5.75 Å². The van der Waals surface area contributed by atoms with Gasteiger partial charge in [-0.3, -0.25) is 0 Å². The lowest BCUT2D eigenvalue weighted by Crippen LogP contribution is -2.25. The summed E-state index contributed by atoms with van der Waals surface area (Å²) in [6.45, 7) is 9.17. The van der Waals surface area contributed by atoms with Gasteiger partial charge in [-0.1, -0.05) is 20.8 Å². The highest BCUT2D eigenvalue weighted by Crippen LogP contribution is 2.36. The van der Waals surface area contributed by atoms with Gasteiger partial charge >= 0.3 is 0 Å². The second-order valence-electron chi connectivity index (χ2n) is 6.26. The van der Waals surface area contributed by atoms with Gasteiger partial charge in [-0.25, -0.2) is 0 Å². The van der Waals surface area contributed by atoms with Gasteiger partial charge in [-0.2, -0.15) is 0 Å². The molecule has 0 saturated carbocycles. The average Bonchev–Trinajstić information content (AvgIpc) is 2.77. The van der Waals surface area contributed by atoms with Crippen LogP contribution in [-0.4, -0.2) is 20.2 Å². The Labute approximate surface area is 110 Å². The van der Waals surface area contributed by atoms with Crippen LogP contribution in [-0.2, 0) is 0 Å². The summed E-state index contributed by atoms with van der Waals surface area (Å²) in [5, 5.41) is 0. The minimum Gasteiger partial charge on any atom is -0.497 e. The summed E-state index contributed by atoms with van der Waals surface area (Å²) >= 11 is 0. The predicted molar refractivity (Wildman–Crippen MR) is 77.2 cm³/mol. The number of hydrogen-bond acceptors (Lipinski definition) is 3. The highest BCUT2D eigenvalue weighted by Gasteiger charge is 2.31. The minimum atomic E-state index is 0.374. The Bertz CT molecular complexity index is 423. The van der Waals surface area contributed by atoms with Crippen molar-refractivity contribution in [1.82, 2.24) is 0 Å². The summed E-state index contributed by atoms with van der Waals surface area (Å²) < 4.78 is 5.28. The van der Waals surface area contributed by atoms with Crippen LogP contribution in [0, 0.1) is 11.3 Å². The van der Waals surface area contributed by atoms with Gasteiger partial charge in [0.2, 0.25) is 0 Å². The van der Waals surface area contributed by atoms with Gasteiger partial charge in [0, 0.05) is 36.6 Å². The molecule has 100 valence electrons. The van der Waals surface area contributed by atoms with E-state index in [0.29, 0.717) is 5.41 Å². The summed E-state index contributed by atoms with van der Waals surface area (Å²) in [6, 6.07) is 5.97. The number of nitrogens with zero attached hydrogens (tertiary/aromatic N) is 1. The van der Waals surface area contributed by atoms with Gasteiger partial charge in [0.05, 0.1) is 7.11 Å². The molecule has 1 aromatic rings. The molecule has 1 heterocycles. The molecule has 1 aliphatic heterocycles. The third kappa shape index (κ3) is 2.71. The Kier molecular flexibility index (Phi) is 3.42. The van der Waals surface area contributed by atoms with Crippen molar-refractivity contribution in [3.8, 4) is 5.75 Å². The molecule has 2 rings (SSSR count). The number of anilines is 2. The Morgan fingerprint density at radius 2 is 2.00 bits per heavy atom. The number of rotatable bonds is 2. The maximum atomic E-state index is 5.92. The van der Waals surface area contributed by atoms with E-state index in [4.69, 9.17) is 10.5 Å². The maximum absolute atomic E-state index is 5.92. The van der Waals surface area contributed by atoms with Gasteiger partial charge in [0.1, 0.15) is 5.75 Å². The van der Waals surface area contributed by atoms with Gasteiger partial charge in [-0.05, 0) is 23.8 Å². The fourth-order valence-corrected chi connectivity index (χ4v) is 2.61. The number of benzene rings is 1. The number of methoxy groups -OCH3 is 1. The van der Waals surface area contributed by atoms with Crippen molar-refractivity contribution < 1.29 is 4.74 Å². The highest BCUT2D eigenvalue weighted by atomic mass is 16.5. The molecule has 3 nitrogen and oxygen atoms in total. The summed E-state index contributed by atoms with van der Waals surface area (Å²) in [4.78, 5) is 2.41. The first-order chi connectivity index (χ1) is 8.40.